The number of thiazole rings is 1. The monoisotopic (exact) mass is 370 g/mol. The Morgan fingerprint density at radius 1 is 1.28 bits per heavy atom. The summed E-state index contributed by atoms with van der Waals surface area (Å²) in [6, 6.07) is 12.9. The van der Waals surface area contributed by atoms with Crippen LogP contribution in [0.3, 0.4) is 0 Å². The van der Waals surface area contributed by atoms with Gasteiger partial charge in [0.2, 0.25) is 0 Å². The predicted octanol–water partition coefficient (Wildman–Crippen LogP) is 5.03. The molecule has 126 valence electrons. The number of aromatic nitrogens is 1. The number of furan rings is 1. The number of hydrogen-bond donors (Lipinski definition) is 1. The number of methoxy groups -OCH3 is 1. The van der Waals surface area contributed by atoms with Gasteiger partial charge in [0.1, 0.15) is 0 Å². The van der Waals surface area contributed by atoms with Gasteiger partial charge in [0.25, 0.3) is 5.91 Å². The van der Waals surface area contributed by atoms with E-state index in [0.717, 1.165) is 19.9 Å². The van der Waals surface area contributed by atoms with Gasteiger partial charge in [-0.05, 0) is 36.6 Å². The van der Waals surface area contributed by atoms with Crippen LogP contribution in [0.4, 0.5) is 5.69 Å². The molecule has 2 aromatic carbocycles. The van der Waals surface area contributed by atoms with Gasteiger partial charge in [-0.25, -0.2) is 4.98 Å². The largest absolute Gasteiger partial charge is 0.493 e. The molecule has 7 heteroatoms. The molecule has 0 unspecified atom stereocenters. The first kappa shape index (κ1) is 16.0. The van der Waals surface area contributed by atoms with Crippen molar-refractivity contribution in [3.05, 3.63) is 48.2 Å². The molecule has 0 atom stereocenters. The molecule has 0 saturated heterocycles. The number of amides is 1. The maximum absolute atomic E-state index is 12.5. The maximum atomic E-state index is 12.5. The molecule has 25 heavy (non-hydrogen) atoms. The number of fused-ring (bicyclic) bond motifs is 2. The highest BCUT2D eigenvalue weighted by atomic mass is 32.2. The van der Waals surface area contributed by atoms with Crippen LogP contribution in [0.1, 0.15) is 10.6 Å². The summed E-state index contributed by atoms with van der Waals surface area (Å²) < 4.78 is 13.0. The first-order valence-electron chi connectivity index (χ1n) is 7.50. The van der Waals surface area contributed by atoms with E-state index in [1.54, 1.807) is 42.3 Å². The summed E-state index contributed by atoms with van der Waals surface area (Å²) in [5.74, 6) is 0.549. The van der Waals surface area contributed by atoms with Crippen molar-refractivity contribution in [1.29, 1.82) is 0 Å². The summed E-state index contributed by atoms with van der Waals surface area (Å²) in [7, 11) is 1.57. The molecule has 0 bridgehead atoms. The molecule has 1 amide bonds. The standard InChI is InChI=1S/C18H14N2O3S2/c1-22-13-5-3-4-10-8-14(23-16(10)13)17(21)19-11-6-7-12-15(9-11)25-18(20-12)24-2/h3-9H,1-2H3,(H,19,21). The summed E-state index contributed by atoms with van der Waals surface area (Å²) in [5, 5.41) is 3.70. The molecular weight excluding hydrogens is 356 g/mol. The fourth-order valence-electron chi connectivity index (χ4n) is 2.57. The Morgan fingerprint density at radius 3 is 2.96 bits per heavy atom. The highest BCUT2D eigenvalue weighted by Crippen LogP contribution is 2.31. The van der Waals surface area contributed by atoms with E-state index in [-0.39, 0.29) is 11.7 Å². The molecule has 0 fully saturated rings. The van der Waals surface area contributed by atoms with Crippen LogP contribution >= 0.6 is 23.1 Å². The Kier molecular flexibility index (Phi) is 4.10. The number of rotatable bonds is 4. The van der Waals surface area contributed by atoms with Gasteiger partial charge >= 0.3 is 0 Å². The quantitative estimate of drug-likeness (QED) is 0.511. The Bertz CT molecular complexity index is 1080. The van der Waals surface area contributed by atoms with Gasteiger partial charge in [0, 0.05) is 11.1 Å². The van der Waals surface area contributed by atoms with E-state index < -0.39 is 0 Å². The summed E-state index contributed by atoms with van der Waals surface area (Å²) >= 11 is 3.21. The summed E-state index contributed by atoms with van der Waals surface area (Å²) in [6.45, 7) is 0. The minimum absolute atomic E-state index is 0.244. The van der Waals surface area contributed by atoms with E-state index in [0.29, 0.717) is 17.0 Å². The van der Waals surface area contributed by atoms with Gasteiger partial charge in [0.05, 0.1) is 17.3 Å². The first-order valence-corrected chi connectivity index (χ1v) is 9.54. The van der Waals surface area contributed by atoms with Crippen molar-refractivity contribution < 1.29 is 13.9 Å². The smallest absolute Gasteiger partial charge is 0.291 e. The van der Waals surface area contributed by atoms with Crippen molar-refractivity contribution in [2.75, 3.05) is 18.7 Å². The minimum atomic E-state index is -0.299. The van der Waals surface area contributed by atoms with Crippen LogP contribution in [0.2, 0.25) is 0 Å². The van der Waals surface area contributed by atoms with Crippen molar-refractivity contribution >= 4 is 55.9 Å². The maximum Gasteiger partial charge on any atom is 0.291 e. The van der Waals surface area contributed by atoms with Crippen molar-refractivity contribution in [2.24, 2.45) is 0 Å². The van der Waals surface area contributed by atoms with Crippen molar-refractivity contribution in [2.45, 2.75) is 4.34 Å². The molecule has 0 aliphatic rings. The minimum Gasteiger partial charge on any atom is -0.493 e. The normalized spacial score (nSPS) is 11.1. The fourth-order valence-corrected chi connectivity index (χ4v) is 4.10. The average molecular weight is 370 g/mol. The van der Waals surface area contributed by atoms with Gasteiger partial charge in [-0.2, -0.15) is 0 Å². The third-order valence-electron chi connectivity index (χ3n) is 3.75. The number of benzene rings is 2. The third kappa shape index (κ3) is 2.96. The number of para-hydroxylation sites is 1. The highest BCUT2D eigenvalue weighted by Gasteiger charge is 2.15. The van der Waals surface area contributed by atoms with Gasteiger partial charge in [0.15, 0.2) is 21.4 Å². The highest BCUT2D eigenvalue weighted by molar-refractivity contribution is 8.00. The molecule has 2 heterocycles. The Hall–Kier alpha value is -2.51. The van der Waals surface area contributed by atoms with Gasteiger partial charge in [-0.15, -0.1) is 11.3 Å². The first-order chi connectivity index (χ1) is 12.2. The molecule has 4 rings (SSSR count). The number of nitrogens with one attached hydrogen (secondary N) is 1. The molecule has 0 radical (unpaired) electrons. The fraction of sp³-hybridized carbons (Fsp3) is 0.111. The second-order valence-electron chi connectivity index (χ2n) is 5.31. The van der Waals surface area contributed by atoms with Gasteiger partial charge in [-0.1, -0.05) is 23.9 Å². The SMILES string of the molecule is COc1cccc2cc(C(=O)Nc3ccc4nc(SC)sc4c3)oc12. The van der Waals surface area contributed by atoms with Crippen LogP contribution in [0.15, 0.2) is 51.2 Å². The van der Waals surface area contributed by atoms with Crippen LogP contribution < -0.4 is 10.1 Å². The molecule has 0 saturated carbocycles. The zero-order valence-corrected chi connectivity index (χ0v) is 15.2. The van der Waals surface area contributed by atoms with Crippen LogP contribution in [0, 0.1) is 0 Å². The van der Waals surface area contributed by atoms with E-state index in [2.05, 4.69) is 10.3 Å². The van der Waals surface area contributed by atoms with Crippen molar-refractivity contribution in [3.8, 4) is 5.75 Å². The Morgan fingerprint density at radius 2 is 2.16 bits per heavy atom. The predicted molar refractivity (Wildman–Crippen MR) is 102 cm³/mol. The van der Waals surface area contributed by atoms with E-state index >= 15 is 0 Å². The van der Waals surface area contributed by atoms with Crippen LogP contribution in [0.5, 0.6) is 5.75 Å². The molecule has 1 N–H and O–H groups in total. The van der Waals surface area contributed by atoms with Crippen LogP contribution in [-0.4, -0.2) is 24.3 Å². The number of anilines is 1. The number of nitrogens with zero attached hydrogens (tertiary/aromatic N) is 1. The zero-order valence-electron chi connectivity index (χ0n) is 13.5. The molecule has 0 aliphatic heterocycles. The summed E-state index contributed by atoms with van der Waals surface area (Å²) in [6.07, 6.45) is 2.00. The van der Waals surface area contributed by atoms with Crippen LogP contribution in [0.25, 0.3) is 21.2 Å². The van der Waals surface area contributed by atoms with E-state index in [9.17, 15) is 4.79 Å². The lowest BCUT2D eigenvalue weighted by Gasteiger charge is -2.02. The summed E-state index contributed by atoms with van der Waals surface area (Å²) in [5.41, 5.74) is 2.21. The third-order valence-corrected chi connectivity index (χ3v) is 5.76. The second kappa shape index (κ2) is 6.42. The number of carbonyl (C=O) groups is 1. The van der Waals surface area contributed by atoms with Crippen LogP contribution in [-0.2, 0) is 0 Å². The number of ether oxygens (including phenoxy) is 1. The van der Waals surface area contributed by atoms with E-state index in [1.807, 2.05) is 36.6 Å². The molecule has 0 aliphatic carbocycles. The average Bonchev–Trinajstić information content (AvgIpc) is 3.24. The van der Waals surface area contributed by atoms with Crippen molar-refractivity contribution in [1.82, 2.24) is 4.98 Å². The zero-order chi connectivity index (χ0) is 17.4. The number of hydrogen-bond acceptors (Lipinski definition) is 6. The lowest BCUT2D eigenvalue weighted by Crippen LogP contribution is -2.10. The Balaban J connectivity index is 1.63. The topological polar surface area (TPSA) is 64.4 Å². The van der Waals surface area contributed by atoms with Crippen molar-refractivity contribution in [3.63, 3.8) is 0 Å². The molecule has 2 aromatic heterocycles. The molecule has 5 nitrogen and oxygen atoms in total. The van der Waals surface area contributed by atoms with Gasteiger partial charge < -0.3 is 14.5 Å². The second-order valence-corrected chi connectivity index (χ2v) is 7.39. The number of carbonyl (C=O) groups excluding carboxylic acids is 1. The van der Waals surface area contributed by atoms with Gasteiger partial charge in [-0.3, -0.25) is 4.79 Å². The lowest BCUT2D eigenvalue weighted by atomic mass is 10.2. The lowest BCUT2D eigenvalue weighted by molar-refractivity contribution is 0.0998. The Labute approximate surface area is 152 Å². The molecular formula is C18H14N2O3S2. The van der Waals surface area contributed by atoms with E-state index in [4.69, 9.17) is 9.15 Å². The van der Waals surface area contributed by atoms with E-state index in [1.165, 1.54) is 0 Å². The number of thioether (sulfide) groups is 1. The molecule has 4 aromatic rings. The summed E-state index contributed by atoms with van der Waals surface area (Å²) in [4.78, 5) is 17.0. The molecule has 0 spiro atoms.